The first kappa shape index (κ1) is 31.3. The maximum atomic E-state index is 14.3. The van der Waals surface area contributed by atoms with Crippen LogP contribution in [0.25, 0.3) is 0 Å². The molecule has 44 heavy (non-hydrogen) atoms. The third-order valence-corrected chi connectivity index (χ3v) is 8.06. The van der Waals surface area contributed by atoms with Crippen LogP contribution in [-0.4, -0.2) is 35.7 Å². The van der Waals surface area contributed by atoms with Gasteiger partial charge < -0.3 is 19.9 Å². The highest BCUT2D eigenvalue weighted by atomic mass is 79.9. The maximum Gasteiger partial charge on any atom is 0.416 e. The van der Waals surface area contributed by atoms with Crippen LogP contribution in [0.3, 0.4) is 0 Å². The SMILES string of the molecule is O=C(NCc1ccc(C(F)(F)F)cc1)[C@]1(Cc2ccccc2Br)N=C(c2ccc(OCCCO)cc2)O[C@@H]1c1ccccc1. The summed E-state index contributed by atoms with van der Waals surface area (Å²) in [4.78, 5) is 19.3. The van der Waals surface area contributed by atoms with Gasteiger partial charge in [0.05, 0.1) is 12.2 Å². The van der Waals surface area contributed by atoms with E-state index in [1.165, 1.54) is 12.1 Å². The molecule has 2 atom stereocenters. The number of carbonyl (C=O) groups is 1. The predicted molar refractivity (Wildman–Crippen MR) is 164 cm³/mol. The molecule has 10 heteroatoms. The summed E-state index contributed by atoms with van der Waals surface area (Å²) in [6, 6.07) is 28.7. The van der Waals surface area contributed by atoms with Gasteiger partial charge in [-0.25, -0.2) is 4.99 Å². The number of nitrogens with one attached hydrogen (secondary N) is 1. The van der Waals surface area contributed by atoms with E-state index in [-0.39, 0.29) is 25.5 Å². The number of hydrogen-bond acceptors (Lipinski definition) is 5. The van der Waals surface area contributed by atoms with Gasteiger partial charge in [0.2, 0.25) is 5.90 Å². The summed E-state index contributed by atoms with van der Waals surface area (Å²) in [7, 11) is 0. The Morgan fingerprint density at radius 2 is 1.64 bits per heavy atom. The average Bonchev–Trinajstić information content (AvgIpc) is 3.42. The molecule has 0 saturated carbocycles. The highest BCUT2D eigenvalue weighted by Crippen LogP contribution is 2.43. The van der Waals surface area contributed by atoms with Crippen molar-refractivity contribution in [1.82, 2.24) is 5.32 Å². The van der Waals surface area contributed by atoms with E-state index in [1.54, 1.807) is 24.3 Å². The largest absolute Gasteiger partial charge is 0.494 e. The number of aliphatic imine (C=N–C) groups is 1. The Bertz CT molecular complexity index is 1600. The van der Waals surface area contributed by atoms with Crippen molar-refractivity contribution in [3.8, 4) is 5.75 Å². The number of alkyl halides is 3. The van der Waals surface area contributed by atoms with Gasteiger partial charge >= 0.3 is 6.18 Å². The number of hydrogen-bond donors (Lipinski definition) is 2. The zero-order valence-electron chi connectivity index (χ0n) is 23.6. The second-order valence-corrected chi connectivity index (χ2v) is 11.2. The van der Waals surface area contributed by atoms with E-state index < -0.39 is 29.3 Å². The van der Waals surface area contributed by atoms with E-state index >= 15 is 0 Å². The third kappa shape index (κ3) is 7.14. The van der Waals surface area contributed by atoms with Crippen molar-refractivity contribution >= 4 is 27.7 Å². The fourth-order valence-electron chi connectivity index (χ4n) is 4.99. The molecule has 5 rings (SSSR count). The van der Waals surface area contributed by atoms with E-state index in [2.05, 4.69) is 21.2 Å². The number of nitrogens with zero attached hydrogens (tertiary/aromatic N) is 1. The van der Waals surface area contributed by atoms with Crippen molar-refractivity contribution in [2.75, 3.05) is 13.2 Å². The molecule has 1 amide bonds. The number of aliphatic hydroxyl groups excluding tert-OH is 1. The molecule has 1 aliphatic heterocycles. The Morgan fingerprint density at radius 3 is 2.30 bits per heavy atom. The van der Waals surface area contributed by atoms with Crippen molar-refractivity contribution in [2.45, 2.75) is 37.2 Å². The molecule has 1 heterocycles. The normalized spacial score (nSPS) is 17.9. The van der Waals surface area contributed by atoms with Crippen LogP contribution in [0.15, 0.2) is 113 Å². The van der Waals surface area contributed by atoms with Gasteiger partial charge in [-0.05, 0) is 59.2 Å². The number of carbonyl (C=O) groups excluding carboxylic acids is 1. The van der Waals surface area contributed by atoms with Gasteiger partial charge in [-0.15, -0.1) is 0 Å². The van der Waals surface area contributed by atoms with Crippen LogP contribution in [0.4, 0.5) is 13.2 Å². The van der Waals surface area contributed by atoms with Crippen LogP contribution in [0.2, 0.25) is 0 Å². The maximum absolute atomic E-state index is 14.3. The van der Waals surface area contributed by atoms with Gasteiger partial charge in [-0.1, -0.05) is 76.6 Å². The van der Waals surface area contributed by atoms with E-state index in [0.717, 1.165) is 27.7 Å². The molecular weight excluding hydrogens is 637 g/mol. The van der Waals surface area contributed by atoms with Gasteiger partial charge in [-0.2, -0.15) is 13.2 Å². The molecule has 4 aromatic carbocycles. The Morgan fingerprint density at radius 1 is 0.955 bits per heavy atom. The van der Waals surface area contributed by atoms with E-state index in [9.17, 15) is 18.0 Å². The highest BCUT2D eigenvalue weighted by Gasteiger charge is 2.53. The average molecular weight is 668 g/mol. The summed E-state index contributed by atoms with van der Waals surface area (Å²) >= 11 is 3.60. The lowest BCUT2D eigenvalue weighted by Gasteiger charge is -2.31. The standard InChI is InChI=1S/C34H30BrF3N2O4/c35-29-10-5-4-9-26(29)21-33(32(42)39-22-23-11-15-27(16-12-23)34(36,37)38)30(24-7-2-1-3-8-24)44-31(40-33)25-13-17-28(18-14-25)43-20-6-19-41/h1-5,7-18,30,41H,6,19-22H2,(H,39,42)/t30-,33-/m1/s1. The molecule has 6 nitrogen and oxygen atoms in total. The fourth-order valence-corrected chi connectivity index (χ4v) is 5.41. The second-order valence-electron chi connectivity index (χ2n) is 10.3. The van der Waals surface area contributed by atoms with E-state index in [0.29, 0.717) is 29.9 Å². The molecule has 228 valence electrons. The fraction of sp³-hybridized carbons (Fsp3) is 0.235. The lowest BCUT2D eigenvalue weighted by molar-refractivity contribution is -0.137. The van der Waals surface area contributed by atoms with Crippen molar-refractivity contribution < 1.29 is 32.5 Å². The van der Waals surface area contributed by atoms with Gasteiger partial charge in [-0.3, -0.25) is 4.79 Å². The minimum absolute atomic E-state index is 0.000911. The Kier molecular flexibility index (Phi) is 9.71. The molecule has 2 N–H and O–H groups in total. The molecule has 0 unspecified atom stereocenters. The summed E-state index contributed by atoms with van der Waals surface area (Å²) in [5.74, 6) is 0.465. The predicted octanol–water partition coefficient (Wildman–Crippen LogP) is 7.05. The summed E-state index contributed by atoms with van der Waals surface area (Å²) in [5.41, 5.74) is 0.517. The number of benzene rings is 4. The first-order valence-corrected chi connectivity index (χ1v) is 14.8. The minimum atomic E-state index is -4.45. The topological polar surface area (TPSA) is 80.2 Å². The molecule has 0 bridgehead atoms. The molecule has 4 aromatic rings. The molecule has 0 saturated heterocycles. The lowest BCUT2D eigenvalue weighted by atomic mass is 9.82. The number of aliphatic hydroxyl groups is 1. The van der Waals surface area contributed by atoms with Crippen LogP contribution < -0.4 is 10.1 Å². The Labute approximate surface area is 261 Å². The van der Waals surface area contributed by atoms with Crippen molar-refractivity contribution in [3.05, 3.63) is 135 Å². The first-order chi connectivity index (χ1) is 21.2. The van der Waals surface area contributed by atoms with Gasteiger partial charge in [0, 0.05) is 36.0 Å². The number of halogens is 4. The second kappa shape index (κ2) is 13.7. The summed E-state index contributed by atoms with van der Waals surface area (Å²) in [6.45, 7) is 0.405. The number of ether oxygens (including phenoxy) is 2. The summed E-state index contributed by atoms with van der Waals surface area (Å²) < 4.78 is 52.2. The first-order valence-electron chi connectivity index (χ1n) is 14.0. The summed E-state index contributed by atoms with van der Waals surface area (Å²) in [5, 5.41) is 11.9. The van der Waals surface area contributed by atoms with Crippen LogP contribution in [-0.2, 0) is 28.7 Å². The van der Waals surface area contributed by atoms with Gasteiger partial charge in [0.1, 0.15) is 5.75 Å². The monoisotopic (exact) mass is 666 g/mol. The molecule has 0 radical (unpaired) electrons. The Hall–Kier alpha value is -4.15. The smallest absolute Gasteiger partial charge is 0.416 e. The highest BCUT2D eigenvalue weighted by molar-refractivity contribution is 9.10. The van der Waals surface area contributed by atoms with Crippen LogP contribution in [0.1, 0.15) is 40.3 Å². The molecule has 0 aromatic heterocycles. The van der Waals surface area contributed by atoms with E-state index in [1.807, 2.05) is 54.6 Å². The quantitative estimate of drug-likeness (QED) is 0.168. The molecule has 0 aliphatic carbocycles. The summed E-state index contributed by atoms with van der Waals surface area (Å²) in [6.07, 6.45) is -4.57. The lowest BCUT2D eigenvalue weighted by Crippen LogP contribution is -2.49. The van der Waals surface area contributed by atoms with Crippen molar-refractivity contribution in [1.29, 1.82) is 0 Å². The van der Waals surface area contributed by atoms with Gasteiger partial charge in [0.15, 0.2) is 11.6 Å². The van der Waals surface area contributed by atoms with Crippen LogP contribution in [0, 0.1) is 0 Å². The zero-order chi connectivity index (χ0) is 31.2. The Balaban J connectivity index is 1.52. The molecule has 0 spiro atoms. The third-order valence-electron chi connectivity index (χ3n) is 7.28. The van der Waals surface area contributed by atoms with Crippen LogP contribution >= 0.6 is 15.9 Å². The van der Waals surface area contributed by atoms with Crippen molar-refractivity contribution in [3.63, 3.8) is 0 Å². The van der Waals surface area contributed by atoms with Gasteiger partial charge in [0.25, 0.3) is 5.91 Å². The van der Waals surface area contributed by atoms with Crippen LogP contribution in [0.5, 0.6) is 5.75 Å². The minimum Gasteiger partial charge on any atom is -0.494 e. The molecule has 0 fully saturated rings. The van der Waals surface area contributed by atoms with E-state index in [4.69, 9.17) is 19.6 Å². The number of amides is 1. The number of rotatable bonds is 11. The van der Waals surface area contributed by atoms with Crippen molar-refractivity contribution in [2.24, 2.45) is 4.99 Å². The molecular formula is C34H30BrF3N2O4. The zero-order valence-corrected chi connectivity index (χ0v) is 25.1. The molecule has 1 aliphatic rings.